The Morgan fingerprint density at radius 3 is 2.70 bits per heavy atom. The fourth-order valence-electron chi connectivity index (χ4n) is 2.61. The third-order valence-electron chi connectivity index (χ3n) is 3.84. The molecule has 1 atom stereocenters. The average Bonchev–Trinajstić information content (AvgIpc) is 3.14. The summed E-state index contributed by atoms with van der Waals surface area (Å²) in [5.41, 5.74) is 1.84. The molecule has 0 bridgehead atoms. The van der Waals surface area contributed by atoms with Gasteiger partial charge in [-0.05, 0) is 18.4 Å². The normalized spacial score (nSPS) is 13.0. The second kappa shape index (κ2) is 8.42. The number of unbranched alkanes of at least 4 members (excludes halogenated alkanes) is 2. The Balaban J connectivity index is 2.10. The third-order valence-corrected chi connectivity index (χ3v) is 4.77. The van der Waals surface area contributed by atoms with E-state index in [1.165, 1.54) is 11.3 Å². The van der Waals surface area contributed by atoms with Gasteiger partial charge in [0.1, 0.15) is 10.4 Å². The van der Waals surface area contributed by atoms with Gasteiger partial charge in [0.2, 0.25) is 5.91 Å². The minimum atomic E-state index is -0.741. The molecule has 2 N–H and O–H groups in total. The van der Waals surface area contributed by atoms with Crippen molar-refractivity contribution >= 4 is 17.2 Å². The van der Waals surface area contributed by atoms with Crippen molar-refractivity contribution < 1.29 is 10.0 Å². The number of amides is 1. The van der Waals surface area contributed by atoms with E-state index in [1.807, 2.05) is 35.7 Å². The van der Waals surface area contributed by atoms with Crippen molar-refractivity contribution in [3.05, 3.63) is 52.5 Å². The molecule has 1 unspecified atom stereocenters. The molecule has 0 saturated carbocycles. The lowest BCUT2D eigenvalue weighted by atomic mass is 9.78. The molecular formula is C17H19N3O2S. The van der Waals surface area contributed by atoms with Crippen LogP contribution in [0.3, 0.4) is 0 Å². The summed E-state index contributed by atoms with van der Waals surface area (Å²) in [6.07, 6.45) is 4.97. The van der Waals surface area contributed by atoms with Gasteiger partial charge in [-0.15, -0.1) is 11.3 Å². The molecule has 0 spiro atoms. The number of carbonyl (C=O) groups is 1. The molecule has 0 radical (unpaired) electrons. The van der Waals surface area contributed by atoms with Crippen LogP contribution in [0, 0.1) is 11.3 Å². The number of aromatic nitrogens is 1. The van der Waals surface area contributed by atoms with Gasteiger partial charge in [-0.25, -0.2) is 10.5 Å². The lowest BCUT2D eigenvalue weighted by molar-refractivity contribution is -0.129. The summed E-state index contributed by atoms with van der Waals surface area (Å²) in [7, 11) is 0. The molecule has 5 nitrogen and oxygen atoms in total. The van der Waals surface area contributed by atoms with Gasteiger partial charge in [0.05, 0.1) is 6.07 Å². The van der Waals surface area contributed by atoms with Crippen LogP contribution >= 0.6 is 11.3 Å². The van der Waals surface area contributed by atoms with Crippen LogP contribution in [0.1, 0.15) is 42.7 Å². The number of nitrogens with zero attached hydrogens (tertiary/aromatic N) is 2. The highest BCUT2D eigenvalue weighted by Gasteiger charge is 2.36. The summed E-state index contributed by atoms with van der Waals surface area (Å²) in [5, 5.41) is 21.1. The maximum absolute atomic E-state index is 11.0. The van der Waals surface area contributed by atoms with Crippen molar-refractivity contribution in [1.82, 2.24) is 10.5 Å². The van der Waals surface area contributed by atoms with Crippen LogP contribution in [0.25, 0.3) is 0 Å². The maximum Gasteiger partial charge on any atom is 0.243 e. The number of thiazole rings is 1. The van der Waals surface area contributed by atoms with E-state index in [1.54, 1.807) is 11.7 Å². The molecule has 0 aliphatic heterocycles. The number of rotatable bonds is 8. The Kier molecular flexibility index (Phi) is 6.27. The molecule has 1 aromatic heterocycles. The van der Waals surface area contributed by atoms with Gasteiger partial charge in [0, 0.05) is 18.0 Å². The molecule has 2 aromatic rings. The molecule has 1 amide bonds. The molecule has 1 heterocycles. The standard InChI is InChI=1S/C17H19N3O2S/c18-13-17(16-19-11-12-23-16,14-7-3-1-4-8-14)10-6-2-5-9-15(21)20-22/h1,3-4,7-8,11-12,22H,2,5-6,9-10H2,(H,20,21). The largest absolute Gasteiger partial charge is 0.289 e. The van der Waals surface area contributed by atoms with Crippen LogP contribution < -0.4 is 5.48 Å². The van der Waals surface area contributed by atoms with E-state index in [-0.39, 0.29) is 5.91 Å². The summed E-state index contributed by atoms with van der Waals surface area (Å²) in [5.74, 6) is -0.375. The molecule has 0 saturated heterocycles. The van der Waals surface area contributed by atoms with Crippen molar-refractivity contribution in [3.8, 4) is 6.07 Å². The number of carbonyl (C=O) groups excluding carboxylic acids is 1. The minimum absolute atomic E-state index is 0.290. The lowest BCUT2D eigenvalue weighted by Crippen LogP contribution is -2.25. The van der Waals surface area contributed by atoms with Gasteiger partial charge in [0.25, 0.3) is 0 Å². The van der Waals surface area contributed by atoms with Crippen LogP contribution in [0.15, 0.2) is 41.9 Å². The number of hydrogen-bond donors (Lipinski definition) is 2. The van der Waals surface area contributed by atoms with E-state index < -0.39 is 5.41 Å². The summed E-state index contributed by atoms with van der Waals surface area (Å²) in [6, 6.07) is 12.2. The zero-order valence-corrected chi connectivity index (χ0v) is 13.6. The van der Waals surface area contributed by atoms with E-state index in [2.05, 4.69) is 11.1 Å². The van der Waals surface area contributed by atoms with E-state index in [0.717, 1.165) is 23.4 Å². The SMILES string of the molecule is N#CC(CCCCCC(=O)NO)(c1ccccc1)c1nccs1. The Hall–Kier alpha value is -2.23. The van der Waals surface area contributed by atoms with Crippen LogP contribution in [-0.2, 0) is 10.2 Å². The predicted octanol–water partition coefficient (Wildman–Crippen LogP) is 3.41. The third kappa shape index (κ3) is 4.15. The van der Waals surface area contributed by atoms with Gasteiger partial charge in [-0.2, -0.15) is 5.26 Å². The molecule has 120 valence electrons. The smallest absolute Gasteiger partial charge is 0.243 e. The topological polar surface area (TPSA) is 86.0 Å². The Morgan fingerprint density at radius 2 is 2.09 bits per heavy atom. The molecular weight excluding hydrogens is 310 g/mol. The first-order chi connectivity index (χ1) is 11.2. The highest BCUT2D eigenvalue weighted by Crippen LogP contribution is 2.37. The quantitative estimate of drug-likeness (QED) is 0.441. The molecule has 23 heavy (non-hydrogen) atoms. The van der Waals surface area contributed by atoms with E-state index in [9.17, 15) is 10.1 Å². The fourth-order valence-corrected chi connectivity index (χ4v) is 3.45. The average molecular weight is 329 g/mol. The number of nitrogens with one attached hydrogen (secondary N) is 1. The monoisotopic (exact) mass is 329 g/mol. The van der Waals surface area contributed by atoms with E-state index >= 15 is 0 Å². The fraction of sp³-hybridized carbons (Fsp3) is 0.353. The Bertz CT molecular complexity index is 652. The summed E-state index contributed by atoms with van der Waals surface area (Å²) in [4.78, 5) is 15.4. The van der Waals surface area contributed by atoms with E-state index in [4.69, 9.17) is 5.21 Å². The van der Waals surface area contributed by atoms with Crippen LogP contribution in [0.5, 0.6) is 0 Å². The Labute approximate surface area is 139 Å². The van der Waals surface area contributed by atoms with Gasteiger partial charge in [-0.3, -0.25) is 10.0 Å². The number of benzene rings is 1. The molecule has 1 aromatic carbocycles. The molecule has 2 rings (SSSR count). The molecule has 6 heteroatoms. The van der Waals surface area contributed by atoms with Crippen molar-refractivity contribution in [1.29, 1.82) is 5.26 Å². The second-order valence-electron chi connectivity index (χ2n) is 5.32. The van der Waals surface area contributed by atoms with Crippen LogP contribution in [-0.4, -0.2) is 16.1 Å². The minimum Gasteiger partial charge on any atom is -0.289 e. The molecule has 0 aliphatic carbocycles. The van der Waals surface area contributed by atoms with Crippen LogP contribution in [0.4, 0.5) is 0 Å². The zero-order valence-electron chi connectivity index (χ0n) is 12.7. The highest BCUT2D eigenvalue weighted by molar-refractivity contribution is 7.09. The Morgan fingerprint density at radius 1 is 1.30 bits per heavy atom. The first kappa shape index (κ1) is 17.1. The van der Waals surface area contributed by atoms with E-state index in [0.29, 0.717) is 19.3 Å². The summed E-state index contributed by atoms with van der Waals surface area (Å²) >= 11 is 1.49. The molecule has 0 aliphatic rings. The number of hydrogen-bond acceptors (Lipinski definition) is 5. The van der Waals surface area contributed by atoms with Gasteiger partial charge >= 0.3 is 0 Å². The predicted molar refractivity (Wildman–Crippen MR) is 88.0 cm³/mol. The first-order valence-electron chi connectivity index (χ1n) is 7.52. The molecule has 0 fully saturated rings. The van der Waals surface area contributed by atoms with Gasteiger partial charge in [0.15, 0.2) is 0 Å². The lowest BCUT2D eigenvalue weighted by Gasteiger charge is -2.25. The zero-order chi connectivity index (χ0) is 16.5. The van der Waals surface area contributed by atoms with Crippen molar-refractivity contribution in [2.45, 2.75) is 37.5 Å². The highest BCUT2D eigenvalue weighted by atomic mass is 32.1. The number of hydroxylamine groups is 1. The maximum atomic E-state index is 11.0. The number of nitriles is 1. The summed E-state index contributed by atoms with van der Waals surface area (Å²) < 4.78 is 0. The van der Waals surface area contributed by atoms with Crippen molar-refractivity contribution in [2.75, 3.05) is 0 Å². The van der Waals surface area contributed by atoms with Crippen molar-refractivity contribution in [2.24, 2.45) is 0 Å². The summed E-state index contributed by atoms with van der Waals surface area (Å²) in [6.45, 7) is 0. The second-order valence-corrected chi connectivity index (χ2v) is 6.21. The van der Waals surface area contributed by atoms with Crippen LogP contribution in [0.2, 0.25) is 0 Å². The van der Waals surface area contributed by atoms with Crippen molar-refractivity contribution in [3.63, 3.8) is 0 Å². The van der Waals surface area contributed by atoms with Gasteiger partial charge < -0.3 is 0 Å². The van der Waals surface area contributed by atoms with Gasteiger partial charge in [-0.1, -0.05) is 43.2 Å². The first-order valence-corrected chi connectivity index (χ1v) is 8.40.